The largest absolute Gasteiger partial charge is 0.454 e. The smallest absolute Gasteiger partial charge is 0.216 e. The molecule has 3 heteroatoms. The molecule has 3 nitrogen and oxygen atoms in total. The van der Waals surface area contributed by atoms with Crippen LogP contribution >= 0.6 is 0 Å². The third-order valence-electron chi connectivity index (χ3n) is 7.32. The number of aryl methyl sites for hydroxylation is 2. The summed E-state index contributed by atoms with van der Waals surface area (Å²) in [7, 11) is 2.06. The number of furan rings is 1. The zero-order valence-corrected chi connectivity index (χ0v) is 20.1. The van der Waals surface area contributed by atoms with Crippen LogP contribution in [-0.2, 0) is 19.9 Å². The molecule has 0 radical (unpaired) electrons. The van der Waals surface area contributed by atoms with Gasteiger partial charge in [0.1, 0.15) is 18.2 Å². The number of aromatic nitrogens is 1. The van der Waals surface area contributed by atoms with Gasteiger partial charge in [-0.25, -0.2) is 4.57 Å². The zero-order chi connectivity index (χ0) is 23.6. The maximum Gasteiger partial charge on any atom is 0.216 e. The molecule has 1 aliphatic carbocycles. The third kappa shape index (κ3) is 2.99. The van der Waals surface area contributed by atoms with Gasteiger partial charge in [0.05, 0.1) is 17.2 Å². The summed E-state index contributed by atoms with van der Waals surface area (Å²) in [5.74, 6) is 0. The molecule has 0 unspecified atom stereocenters. The quantitative estimate of drug-likeness (QED) is 0.274. The van der Waals surface area contributed by atoms with Gasteiger partial charge < -0.3 is 4.42 Å². The highest BCUT2D eigenvalue weighted by atomic mass is 16.3. The SMILES string of the molecule is Cc1ccc2c(oc3c(-c4cccc5c4CC(C)(C)C5)c(C#N)ccc32)c1-c1cccc[n+]1C. The highest BCUT2D eigenvalue weighted by molar-refractivity contribution is 6.14. The minimum atomic E-state index is 0.222. The fourth-order valence-electron chi connectivity index (χ4n) is 5.76. The summed E-state index contributed by atoms with van der Waals surface area (Å²) < 4.78 is 8.88. The molecule has 166 valence electrons. The van der Waals surface area contributed by atoms with Gasteiger partial charge in [-0.3, -0.25) is 0 Å². The van der Waals surface area contributed by atoms with Crippen LogP contribution in [0.15, 0.2) is 71.3 Å². The van der Waals surface area contributed by atoms with Crippen molar-refractivity contribution in [1.82, 2.24) is 0 Å². The number of benzene rings is 3. The Morgan fingerprint density at radius 3 is 2.41 bits per heavy atom. The Morgan fingerprint density at radius 1 is 0.882 bits per heavy atom. The predicted octanol–water partition coefficient (Wildman–Crippen LogP) is 7.05. The number of fused-ring (bicyclic) bond motifs is 4. The molecule has 0 atom stereocenters. The van der Waals surface area contributed by atoms with Crippen LogP contribution in [0.1, 0.15) is 36.1 Å². The van der Waals surface area contributed by atoms with Gasteiger partial charge in [-0.1, -0.05) is 44.2 Å². The minimum Gasteiger partial charge on any atom is -0.454 e. The van der Waals surface area contributed by atoms with Crippen molar-refractivity contribution in [3.8, 4) is 28.5 Å². The molecule has 5 aromatic rings. The topological polar surface area (TPSA) is 40.8 Å². The Labute approximate surface area is 199 Å². The molecular weight excluding hydrogens is 416 g/mol. The number of hydrogen-bond donors (Lipinski definition) is 0. The van der Waals surface area contributed by atoms with Crippen LogP contribution in [0.2, 0.25) is 0 Å². The molecule has 0 saturated carbocycles. The summed E-state index contributed by atoms with van der Waals surface area (Å²) in [5.41, 5.74) is 10.7. The van der Waals surface area contributed by atoms with Crippen molar-refractivity contribution in [2.24, 2.45) is 12.5 Å². The fraction of sp³-hybridized carbons (Fsp3) is 0.226. The van der Waals surface area contributed by atoms with Crippen molar-refractivity contribution < 1.29 is 8.98 Å². The second-order valence-corrected chi connectivity index (χ2v) is 10.4. The van der Waals surface area contributed by atoms with Gasteiger partial charge in [0.25, 0.3) is 0 Å². The van der Waals surface area contributed by atoms with Crippen LogP contribution < -0.4 is 4.57 Å². The van der Waals surface area contributed by atoms with Crippen LogP contribution in [0.4, 0.5) is 0 Å². The molecule has 0 aliphatic heterocycles. The Hall–Kier alpha value is -3.90. The lowest BCUT2D eigenvalue weighted by molar-refractivity contribution is -0.660. The number of nitriles is 1. The predicted molar refractivity (Wildman–Crippen MR) is 136 cm³/mol. The molecule has 0 fully saturated rings. The van der Waals surface area contributed by atoms with E-state index < -0.39 is 0 Å². The van der Waals surface area contributed by atoms with Crippen molar-refractivity contribution in [2.45, 2.75) is 33.6 Å². The second-order valence-electron chi connectivity index (χ2n) is 10.4. The van der Waals surface area contributed by atoms with Gasteiger partial charge in [0, 0.05) is 28.5 Å². The summed E-state index contributed by atoms with van der Waals surface area (Å²) in [6.07, 6.45) is 4.12. The lowest BCUT2D eigenvalue weighted by Crippen LogP contribution is -2.30. The molecule has 0 N–H and O–H groups in total. The maximum absolute atomic E-state index is 10.1. The summed E-state index contributed by atoms with van der Waals surface area (Å²) >= 11 is 0. The number of nitrogens with zero attached hydrogens (tertiary/aromatic N) is 2. The summed E-state index contributed by atoms with van der Waals surface area (Å²) in [6.45, 7) is 6.76. The highest BCUT2D eigenvalue weighted by Gasteiger charge is 2.32. The van der Waals surface area contributed by atoms with E-state index in [1.54, 1.807) is 0 Å². The van der Waals surface area contributed by atoms with E-state index in [0.29, 0.717) is 5.56 Å². The summed E-state index contributed by atoms with van der Waals surface area (Å²) in [6, 6.07) is 23.5. The molecule has 34 heavy (non-hydrogen) atoms. The average Bonchev–Trinajstić information content (AvgIpc) is 3.34. The van der Waals surface area contributed by atoms with Crippen molar-refractivity contribution in [1.29, 1.82) is 5.26 Å². The fourth-order valence-corrected chi connectivity index (χ4v) is 5.76. The van der Waals surface area contributed by atoms with Gasteiger partial charge in [-0.05, 0) is 65.6 Å². The Morgan fingerprint density at radius 2 is 1.65 bits per heavy atom. The maximum atomic E-state index is 10.1. The zero-order valence-electron chi connectivity index (χ0n) is 20.1. The molecular formula is C31H27N2O+. The Kier molecular flexibility index (Phi) is 4.44. The van der Waals surface area contributed by atoms with E-state index in [4.69, 9.17) is 4.42 Å². The monoisotopic (exact) mass is 443 g/mol. The van der Waals surface area contributed by atoms with Gasteiger partial charge >= 0.3 is 0 Å². The van der Waals surface area contributed by atoms with Crippen LogP contribution in [-0.4, -0.2) is 0 Å². The standard InChI is InChI=1S/C31H27N2O/c1-19-11-13-23-24-14-12-21(18-32)28(22-9-7-8-20-16-31(2,3)17-25(20)22)30(24)34-29(23)27(19)26-10-5-6-15-33(26)4/h5-15H,16-17H2,1-4H3/q+1. The molecule has 0 spiro atoms. The molecule has 0 saturated heterocycles. The van der Waals surface area contributed by atoms with Crippen molar-refractivity contribution in [3.63, 3.8) is 0 Å². The molecule has 0 amide bonds. The molecule has 6 rings (SSSR count). The van der Waals surface area contributed by atoms with E-state index in [9.17, 15) is 5.26 Å². The molecule has 1 aliphatic rings. The first kappa shape index (κ1) is 20.7. The molecule has 0 bridgehead atoms. The molecule has 2 heterocycles. The highest BCUT2D eigenvalue weighted by Crippen LogP contribution is 2.46. The summed E-state index contributed by atoms with van der Waals surface area (Å²) in [4.78, 5) is 0. The Bertz CT molecular complexity index is 1660. The van der Waals surface area contributed by atoms with E-state index in [0.717, 1.165) is 62.7 Å². The van der Waals surface area contributed by atoms with Crippen molar-refractivity contribution in [3.05, 3.63) is 89.1 Å². The van der Waals surface area contributed by atoms with Gasteiger partial charge in [0.2, 0.25) is 5.69 Å². The van der Waals surface area contributed by atoms with E-state index in [-0.39, 0.29) is 5.41 Å². The lowest BCUT2D eigenvalue weighted by atomic mass is 9.88. The first-order valence-corrected chi connectivity index (χ1v) is 11.8. The average molecular weight is 444 g/mol. The Balaban J connectivity index is 1.72. The van der Waals surface area contributed by atoms with Crippen LogP contribution in [0, 0.1) is 23.7 Å². The third-order valence-corrected chi connectivity index (χ3v) is 7.32. The van der Waals surface area contributed by atoms with Gasteiger partial charge in [0.15, 0.2) is 6.20 Å². The van der Waals surface area contributed by atoms with Crippen LogP contribution in [0.3, 0.4) is 0 Å². The van der Waals surface area contributed by atoms with Crippen molar-refractivity contribution in [2.75, 3.05) is 0 Å². The van der Waals surface area contributed by atoms with E-state index in [1.807, 2.05) is 18.2 Å². The number of rotatable bonds is 2. The van der Waals surface area contributed by atoms with Gasteiger partial charge in [-0.2, -0.15) is 5.26 Å². The first-order valence-electron chi connectivity index (χ1n) is 11.8. The van der Waals surface area contributed by atoms with E-state index >= 15 is 0 Å². The van der Waals surface area contributed by atoms with E-state index in [1.165, 1.54) is 11.1 Å². The number of pyridine rings is 1. The first-order chi connectivity index (χ1) is 16.4. The van der Waals surface area contributed by atoms with Crippen molar-refractivity contribution >= 4 is 21.9 Å². The van der Waals surface area contributed by atoms with Gasteiger partial charge in [-0.15, -0.1) is 0 Å². The summed E-state index contributed by atoms with van der Waals surface area (Å²) in [5, 5.41) is 12.2. The minimum absolute atomic E-state index is 0.222. The number of hydrogen-bond acceptors (Lipinski definition) is 2. The normalized spacial score (nSPS) is 14.4. The molecule has 2 aromatic heterocycles. The van der Waals surface area contributed by atoms with Crippen LogP contribution in [0.25, 0.3) is 44.3 Å². The lowest BCUT2D eigenvalue weighted by Gasteiger charge is -2.16. The molecule has 3 aromatic carbocycles. The second kappa shape index (κ2) is 7.30. The van der Waals surface area contributed by atoms with E-state index in [2.05, 4.69) is 87.1 Å². The van der Waals surface area contributed by atoms with Crippen LogP contribution in [0.5, 0.6) is 0 Å².